The Morgan fingerprint density at radius 1 is 1.03 bits per heavy atom. The first kappa shape index (κ1) is 20.6. The van der Waals surface area contributed by atoms with Gasteiger partial charge in [0.25, 0.3) is 5.91 Å². The van der Waals surface area contributed by atoms with Crippen LogP contribution in [0.25, 0.3) is 0 Å². The summed E-state index contributed by atoms with van der Waals surface area (Å²) in [6.07, 6.45) is -0.337. The van der Waals surface area contributed by atoms with Crippen molar-refractivity contribution < 1.29 is 14.7 Å². The number of benzene rings is 3. The lowest BCUT2D eigenvalue weighted by atomic mass is 9.88. The van der Waals surface area contributed by atoms with Crippen molar-refractivity contribution in [2.24, 2.45) is 0 Å². The van der Waals surface area contributed by atoms with Gasteiger partial charge in [-0.2, -0.15) is 0 Å². The molecule has 1 heterocycles. The maximum atomic E-state index is 13.3. The van der Waals surface area contributed by atoms with Gasteiger partial charge in [0, 0.05) is 21.2 Å². The van der Waals surface area contributed by atoms with Gasteiger partial charge in [0.2, 0.25) is 0 Å². The number of aliphatic hydroxyl groups is 1. The van der Waals surface area contributed by atoms with Gasteiger partial charge in [0.1, 0.15) is 0 Å². The summed E-state index contributed by atoms with van der Waals surface area (Å²) in [5, 5.41) is 12.3. The smallest absolute Gasteiger partial charge is 0.264 e. The summed E-state index contributed by atoms with van der Waals surface area (Å²) < 4.78 is 0. The number of aryl methyl sites for hydroxylation is 1. The standard InChI is InChI=1S/C24H19Cl2NO3/c1-15-6-8-16(9-7-15)22(28)13-24(30)19-4-2-3-5-21(19)27(23(24)29)14-17-10-11-18(25)12-20(17)26/h2-12,30H,13-14H2,1H3/t24-/m1/s1. The van der Waals surface area contributed by atoms with Crippen LogP contribution in [0.4, 0.5) is 5.69 Å². The molecule has 6 heteroatoms. The minimum Gasteiger partial charge on any atom is -0.375 e. The van der Waals surface area contributed by atoms with E-state index in [0.717, 1.165) is 5.56 Å². The van der Waals surface area contributed by atoms with Crippen molar-refractivity contribution in [3.05, 3.63) is 99.0 Å². The monoisotopic (exact) mass is 439 g/mol. The number of hydrogen-bond acceptors (Lipinski definition) is 3. The molecule has 152 valence electrons. The summed E-state index contributed by atoms with van der Waals surface area (Å²) >= 11 is 12.3. The molecule has 0 spiro atoms. The zero-order chi connectivity index (χ0) is 21.5. The predicted molar refractivity (Wildman–Crippen MR) is 118 cm³/mol. The number of Topliss-reactive ketones (excluding diaryl/α,β-unsaturated/α-hetero) is 1. The summed E-state index contributed by atoms with van der Waals surface area (Å²) in [4.78, 5) is 27.7. The number of para-hydroxylation sites is 1. The topological polar surface area (TPSA) is 57.6 Å². The lowest BCUT2D eigenvalue weighted by Crippen LogP contribution is -2.41. The molecular formula is C24H19Cl2NO3. The number of hydrogen-bond donors (Lipinski definition) is 1. The van der Waals surface area contributed by atoms with Crippen LogP contribution >= 0.6 is 23.2 Å². The zero-order valence-corrected chi connectivity index (χ0v) is 17.7. The average Bonchev–Trinajstić information content (AvgIpc) is 2.92. The molecule has 30 heavy (non-hydrogen) atoms. The highest BCUT2D eigenvalue weighted by Gasteiger charge is 2.50. The fraction of sp³-hybridized carbons (Fsp3) is 0.167. The number of carbonyl (C=O) groups excluding carboxylic acids is 2. The van der Waals surface area contributed by atoms with Crippen molar-refractivity contribution in [2.75, 3.05) is 4.90 Å². The van der Waals surface area contributed by atoms with E-state index in [1.165, 1.54) is 4.90 Å². The molecule has 0 unspecified atom stereocenters. The second-order valence-corrected chi connectivity index (χ2v) is 8.31. The normalized spacial score (nSPS) is 17.9. The molecule has 4 nitrogen and oxygen atoms in total. The minimum absolute atomic E-state index is 0.160. The van der Waals surface area contributed by atoms with Crippen LogP contribution in [0.15, 0.2) is 66.7 Å². The summed E-state index contributed by atoms with van der Waals surface area (Å²) in [7, 11) is 0. The highest BCUT2D eigenvalue weighted by atomic mass is 35.5. The first-order chi connectivity index (χ1) is 14.3. The Bertz CT molecular complexity index is 1140. The number of rotatable bonds is 5. The molecule has 1 amide bonds. The van der Waals surface area contributed by atoms with Crippen LogP contribution in [-0.4, -0.2) is 16.8 Å². The lowest BCUT2D eigenvalue weighted by molar-refractivity contribution is -0.136. The van der Waals surface area contributed by atoms with Gasteiger partial charge >= 0.3 is 0 Å². The Morgan fingerprint density at radius 3 is 2.43 bits per heavy atom. The van der Waals surface area contributed by atoms with Gasteiger partial charge in [0.05, 0.1) is 18.7 Å². The third-order valence-corrected chi connectivity index (χ3v) is 5.96. The number of nitrogens with zero attached hydrogens (tertiary/aromatic N) is 1. The number of carbonyl (C=O) groups is 2. The first-order valence-electron chi connectivity index (χ1n) is 9.47. The van der Waals surface area contributed by atoms with Gasteiger partial charge in [-0.25, -0.2) is 0 Å². The Balaban J connectivity index is 1.68. The SMILES string of the molecule is Cc1ccc(C(=O)C[C@]2(O)C(=O)N(Cc3ccc(Cl)cc3Cl)c3ccccc32)cc1. The van der Waals surface area contributed by atoms with E-state index in [1.807, 2.05) is 19.1 Å². The molecule has 0 bridgehead atoms. The second-order valence-electron chi connectivity index (χ2n) is 7.47. The molecule has 3 aromatic rings. The molecule has 1 N–H and O–H groups in total. The van der Waals surface area contributed by atoms with Gasteiger partial charge in [-0.15, -0.1) is 0 Å². The van der Waals surface area contributed by atoms with Crippen LogP contribution in [0.2, 0.25) is 10.0 Å². The number of amides is 1. The zero-order valence-electron chi connectivity index (χ0n) is 16.2. The molecular weight excluding hydrogens is 421 g/mol. The summed E-state index contributed by atoms with van der Waals surface area (Å²) in [6, 6.07) is 19.1. The Hall–Kier alpha value is -2.66. The van der Waals surface area contributed by atoms with Crippen LogP contribution in [0.5, 0.6) is 0 Å². The Kier molecular flexibility index (Phi) is 5.41. The molecule has 0 aliphatic carbocycles. The average molecular weight is 440 g/mol. The largest absolute Gasteiger partial charge is 0.375 e. The number of anilines is 1. The van der Waals surface area contributed by atoms with Crippen LogP contribution < -0.4 is 4.90 Å². The Labute approximate surface area is 184 Å². The summed E-state index contributed by atoms with van der Waals surface area (Å²) in [6.45, 7) is 2.09. The first-order valence-corrected chi connectivity index (χ1v) is 10.2. The maximum absolute atomic E-state index is 13.3. The minimum atomic E-state index is -1.93. The fourth-order valence-electron chi connectivity index (χ4n) is 3.73. The highest BCUT2D eigenvalue weighted by Crippen LogP contribution is 2.44. The van der Waals surface area contributed by atoms with Crippen molar-refractivity contribution in [1.29, 1.82) is 0 Å². The third kappa shape index (κ3) is 3.63. The van der Waals surface area contributed by atoms with E-state index in [1.54, 1.807) is 54.6 Å². The van der Waals surface area contributed by atoms with E-state index in [2.05, 4.69) is 0 Å². The number of ketones is 1. The molecule has 4 rings (SSSR count). The van der Waals surface area contributed by atoms with E-state index in [9.17, 15) is 14.7 Å². The molecule has 0 saturated carbocycles. The van der Waals surface area contributed by atoms with Gasteiger partial charge in [-0.3, -0.25) is 9.59 Å². The van der Waals surface area contributed by atoms with Crippen LogP contribution in [0.3, 0.4) is 0 Å². The van der Waals surface area contributed by atoms with E-state index < -0.39 is 11.5 Å². The third-order valence-electron chi connectivity index (χ3n) is 5.37. The van der Waals surface area contributed by atoms with Crippen LogP contribution in [0, 0.1) is 6.92 Å². The number of halogens is 2. The van der Waals surface area contributed by atoms with Gasteiger partial charge in [-0.1, -0.05) is 77.3 Å². The summed E-state index contributed by atoms with van der Waals surface area (Å²) in [5.41, 5.74) is 1.22. The quantitative estimate of drug-likeness (QED) is 0.548. The van der Waals surface area contributed by atoms with Crippen molar-refractivity contribution >= 4 is 40.6 Å². The van der Waals surface area contributed by atoms with Gasteiger partial charge < -0.3 is 10.0 Å². The van der Waals surface area contributed by atoms with Crippen molar-refractivity contribution in [3.63, 3.8) is 0 Å². The number of fused-ring (bicyclic) bond motifs is 1. The molecule has 0 fully saturated rings. The van der Waals surface area contributed by atoms with Crippen molar-refractivity contribution in [1.82, 2.24) is 0 Å². The Morgan fingerprint density at radius 2 is 1.73 bits per heavy atom. The molecule has 0 saturated heterocycles. The maximum Gasteiger partial charge on any atom is 0.264 e. The van der Waals surface area contributed by atoms with E-state index >= 15 is 0 Å². The van der Waals surface area contributed by atoms with E-state index in [-0.39, 0.29) is 18.7 Å². The molecule has 1 aliphatic rings. The van der Waals surface area contributed by atoms with Gasteiger partial charge in [-0.05, 0) is 30.7 Å². The van der Waals surface area contributed by atoms with E-state index in [0.29, 0.717) is 32.4 Å². The summed E-state index contributed by atoms with van der Waals surface area (Å²) in [5.74, 6) is -0.845. The molecule has 0 radical (unpaired) electrons. The molecule has 1 aliphatic heterocycles. The van der Waals surface area contributed by atoms with Crippen LogP contribution in [0.1, 0.15) is 33.5 Å². The van der Waals surface area contributed by atoms with Crippen molar-refractivity contribution in [3.8, 4) is 0 Å². The van der Waals surface area contributed by atoms with E-state index in [4.69, 9.17) is 23.2 Å². The molecule has 3 aromatic carbocycles. The fourth-order valence-corrected chi connectivity index (χ4v) is 4.20. The molecule has 0 aromatic heterocycles. The molecule has 1 atom stereocenters. The highest BCUT2D eigenvalue weighted by molar-refractivity contribution is 6.35. The van der Waals surface area contributed by atoms with Crippen LogP contribution in [-0.2, 0) is 16.9 Å². The second kappa shape index (κ2) is 7.88. The lowest BCUT2D eigenvalue weighted by Gasteiger charge is -2.23. The van der Waals surface area contributed by atoms with Gasteiger partial charge in [0.15, 0.2) is 11.4 Å². The predicted octanol–water partition coefficient (Wildman–Crippen LogP) is 5.31. The van der Waals surface area contributed by atoms with Crippen molar-refractivity contribution in [2.45, 2.75) is 25.5 Å².